The molecule has 2 N–H and O–H groups in total. The first-order valence-corrected chi connectivity index (χ1v) is 7.23. The van der Waals surface area contributed by atoms with Crippen LogP contribution in [0.4, 0.5) is 5.69 Å². The van der Waals surface area contributed by atoms with E-state index in [-0.39, 0.29) is 5.88 Å². The Balaban J connectivity index is 1.98. The summed E-state index contributed by atoms with van der Waals surface area (Å²) in [5.41, 5.74) is 7.46. The third-order valence-corrected chi connectivity index (χ3v) is 3.65. The van der Waals surface area contributed by atoms with Gasteiger partial charge in [0.15, 0.2) is 5.82 Å². The molecule has 2 heterocycles. The molecule has 20 heavy (non-hydrogen) atoms. The van der Waals surface area contributed by atoms with E-state index in [1.807, 2.05) is 24.3 Å². The molecular weight excluding hydrogens is 274 g/mol. The minimum Gasteiger partial charge on any atom is -0.386 e. The van der Waals surface area contributed by atoms with Gasteiger partial charge in [-0.05, 0) is 25.0 Å². The number of nitrogens with two attached hydrogens (primary N) is 1. The second-order valence-electron chi connectivity index (χ2n) is 4.84. The number of rotatable bonds is 3. The maximum absolute atomic E-state index is 5.67. The van der Waals surface area contributed by atoms with E-state index in [9.17, 15) is 0 Å². The van der Waals surface area contributed by atoms with E-state index in [0.29, 0.717) is 5.84 Å². The molecule has 0 radical (unpaired) electrons. The number of aryl methyl sites for hydroxylation is 1. The summed E-state index contributed by atoms with van der Waals surface area (Å²) in [5, 5.41) is 8.59. The van der Waals surface area contributed by atoms with Crippen LogP contribution in [0, 0.1) is 0 Å². The molecule has 0 unspecified atom stereocenters. The minimum atomic E-state index is 0.227. The Morgan fingerprint density at radius 3 is 3.10 bits per heavy atom. The highest BCUT2D eigenvalue weighted by molar-refractivity contribution is 6.28. The molecule has 0 saturated carbocycles. The topological polar surface area (TPSA) is 69.1 Å². The van der Waals surface area contributed by atoms with Crippen LogP contribution in [0.5, 0.6) is 0 Å². The van der Waals surface area contributed by atoms with Crippen molar-refractivity contribution in [2.24, 2.45) is 10.7 Å². The first-order chi connectivity index (χ1) is 9.78. The summed E-state index contributed by atoms with van der Waals surface area (Å²) in [5.74, 6) is 2.61. The van der Waals surface area contributed by atoms with Gasteiger partial charge in [-0.25, -0.2) is 4.99 Å². The zero-order valence-corrected chi connectivity index (χ0v) is 11.8. The van der Waals surface area contributed by atoms with Gasteiger partial charge in [0.25, 0.3) is 0 Å². The molecule has 104 valence electrons. The zero-order valence-electron chi connectivity index (χ0n) is 11.1. The molecule has 1 aliphatic heterocycles. The smallest absolute Gasteiger partial charge is 0.164 e. The van der Waals surface area contributed by atoms with Crippen molar-refractivity contribution in [3.05, 3.63) is 30.1 Å². The van der Waals surface area contributed by atoms with E-state index in [1.165, 1.54) is 12.8 Å². The van der Waals surface area contributed by atoms with Crippen LogP contribution in [-0.4, -0.2) is 26.5 Å². The Hall–Kier alpha value is -1.88. The maximum atomic E-state index is 5.67. The SMILES string of the molecule is NC(CCl)=Nc1cccc(-c2nnc3n2CCCC3)c1. The van der Waals surface area contributed by atoms with Crippen molar-refractivity contribution < 1.29 is 0 Å². The van der Waals surface area contributed by atoms with Gasteiger partial charge in [-0.15, -0.1) is 21.8 Å². The van der Waals surface area contributed by atoms with Gasteiger partial charge < -0.3 is 10.3 Å². The molecule has 0 aliphatic carbocycles. The Morgan fingerprint density at radius 1 is 1.35 bits per heavy atom. The number of benzene rings is 1. The summed E-state index contributed by atoms with van der Waals surface area (Å²) in [4.78, 5) is 4.27. The highest BCUT2D eigenvalue weighted by Crippen LogP contribution is 2.26. The van der Waals surface area contributed by atoms with Crippen LogP contribution in [0.3, 0.4) is 0 Å². The largest absolute Gasteiger partial charge is 0.386 e. The molecule has 3 rings (SSSR count). The van der Waals surface area contributed by atoms with Gasteiger partial charge in [-0.2, -0.15) is 0 Å². The van der Waals surface area contributed by atoms with E-state index >= 15 is 0 Å². The molecule has 1 aliphatic rings. The van der Waals surface area contributed by atoms with Crippen molar-refractivity contribution in [1.29, 1.82) is 0 Å². The van der Waals surface area contributed by atoms with E-state index in [0.717, 1.165) is 35.9 Å². The lowest BCUT2D eigenvalue weighted by molar-refractivity contribution is 0.526. The molecule has 5 nitrogen and oxygen atoms in total. The van der Waals surface area contributed by atoms with Crippen molar-refractivity contribution in [2.45, 2.75) is 25.8 Å². The average molecular weight is 290 g/mol. The average Bonchev–Trinajstić information content (AvgIpc) is 2.91. The number of nitrogens with zero attached hydrogens (tertiary/aromatic N) is 4. The Labute approximate surface area is 122 Å². The van der Waals surface area contributed by atoms with E-state index in [2.05, 4.69) is 19.8 Å². The van der Waals surface area contributed by atoms with Gasteiger partial charge in [0.1, 0.15) is 11.7 Å². The lowest BCUT2D eigenvalue weighted by Gasteiger charge is -2.14. The fraction of sp³-hybridized carbons (Fsp3) is 0.357. The van der Waals surface area contributed by atoms with Gasteiger partial charge >= 0.3 is 0 Å². The number of halogens is 1. The van der Waals surface area contributed by atoms with Crippen molar-refractivity contribution >= 4 is 23.1 Å². The van der Waals surface area contributed by atoms with Crippen LogP contribution in [0.1, 0.15) is 18.7 Å². The molecule has 0 atom stereocenters. The number of hydrogen-bond donors (Lipinski definition) is 1. The first-order valence-electron chi connectivity index (χ1n) is 6.69. The monoisotopic (exact) mass is 289 g/mol. The predicted molar refractivity (Wildman–Crippen MR) is 80.4 cm³/mol. The molecule has 0 amide bonds. The third-order valence-electron chi connectivity index (χ3n) is 3.37. The van der Waals surface area contributed by atoms with Gasteiger partial charge in [-0.3, -0.25) is 0 Å². The summed E-state index contributed by atoms with van der Waals surface area (Å²) in [7, 11) is 0. The molecule has 0 bridgehead atoms. The molecule has 1 aromatic heterocycles. The molecule has 2 aromatic rings. The van der Waals surface area contributed by atoms with Gasteiger partial charge in [-0.1, -0.05) is 12.1 Å². The molecule has 6 heteroatoms. The van der Waals surface area contributed by atoms with Crippen molar-refractivity contribution in [3.8, 4) is 11.4 Å². The lowest BCUT2D eigenvalue weighted by Crippen LogP contribution is -2.12. The molecule has 1 aromatic carbocycles. The van der Waals surface area contributed by atoms with Crippen LogP contribution in [0.25, 0.3) is 11.4 Å². The van der Waals surface area contributed by atoms with Gasteiger partial charge in [0.05, 0.1) is 11.6 Å². The van der Waals surface area contributed by atoms with E-state index in [1.54, 1.807) is 0 Å². The zero-order chi connectivity index (χ0) is 13.9. The Bertz CT molecular complexity index is 647. The summed E-state index contributed by atoms with van der Waals surface area (Å²) in [6.07, 6.45) is 3.37. The summed E-state index contributed by atoms with van der Waals surface area (Å²) >= 11 is 5.65. The number of fused-ring (bicyclic) bond motifs is 1. The number of aromatic nitrogens is 3. The fourth-order valence-corrected chi connectivity index (χ4v) is 2.49. The highest BCUT2D eigenvalue weighted by Gasteiger charge is 2.16. The second-order valence-corrected chi connectivity index (χ2v) is 5.10. The van der Waals surface area contributed by atoms with E-state index in [4.69, 9.17) is 17.3 Å². The predicted octanol–water partition coefficient (Wildman–Crippen LogP) is 2.51. The quantitative estimate of drug-likeness (QED) is 0.536. The van der Waals surface area contributed by atoms with Crippen LogP contribution in [0.15, 0.2) is 29.3 Å². The maximum Gasteiger partial charge on any atom is 0.164 e. The Morgan fingerprint density at radius 2 is 2.25 bits per heavy atom. The van der Waals surface area contributed by atoms with Crippen molar-refractivity contribution in [2.75, 3.05) is 5.88 Å². The number of hydrogen-bond acceptors (Lipinski definition) is 3. The number of aliphatic imine (C=N–C) groups is 1. The normalized spacial score (nSPS) is 15.2. The molecule has 0 fully saturated rings. The van der Waals surface area contributed by atoms with Crippen LogP contribution >= 0.6 is 11.6 Å². The lowest BCUT2D eigenvalue weighted by atomic mass is 10.1. The summed E-state index contributed by atoms with van der Waals surface area (Å²) in [6.45, 7) is 0.981. The van der Waals surface area contributed by atoms with Crippen LogP contribution < -0.4 is 5.73 Å². The fourth-order valence-electron chi connectivity index (χ4n) is 2.43. The first kappa shape index (κ1) is 13.1. The molecular formula is C14H16ClN5. The third kappa shape index (κ3) is 2.54. The van der Waals surface area contributed by atoms with E-state index < -0.39 is 0 Å². The second kappa shape index (κ2) is 5.63. The van der Waals surface area contributed by atoms with Crippen LogP contribution in [0.2, 0.25) is 0 Å². The minimum absolute atomic E-state index is 0.227. The molecule has 0 saturated heterocycles. The van der Waals surface area contributed by atoms with Crippen LogP contribution in [-0.2, 0) is 13.0 Å². The van der Waals surface area contributed by atoms with Crippen molar-refractivity contribution in [3.63, 3.8) is 0 Å². The van der Waals surface area contributed by atoms with Gasteiger partial charge in [0.2, 0.25) is 0 Å². The highest BCUT2D eigenvalue weighted by atomic mass is 35.5. The van der Waals surface area contributed by atoms with Gasteiger partial charge in [0, 0.05) is 18.5 Å². The standard InChI is InChI=1S/C14H16ClN5/c15-9-12(16)17-11-5-3-4-10(8-11)14-19-18-13-6-1-2-7-20(13)14/h3-5,8H,1-2,6-7,9H2,(H2,16,17). The summed E-state index contributed by atoms with van der Waals surface area (Å²) < 4.78 is 2.19. The number of amidine groups is 1. The number of alkyl halides is 1. The Kier molecular flexibility index (Phi) is 3.69. The molecule has 0 spiro atoms. The van der Waals surface area contributed by atoms with Crippen molar-refractivity contribution in [1.82, 2.24) is 14.8 Å². The summed E-state index contributed by atoms with van der Waals surface area (Å²) in [6, 6.07) is 7.82.